The van der Waals surface area contributed by atoms with Crippen LogP contribution in [0.15, 0.2) is 30.9 Å². The third-order valence-electron chi connectivity index (χ3n) is 2.40. The highest BCUT2D eigenvalue weighted by Crippen LogP contribution is 2.18. The SMILES string of the molecule is C=CCC(NC(=O)c1cc(C)ccc1O)C(=O)O. The quantitative estimate of drug-likeness (QED) is 0.689. The van der Waals surface area contributed by atoms with Crippen molar-refractivity contribution in [1.29, 1.82) is 0 Å². The number of benzene rings is 1. The fraction of sp³-hybridized carbons (Fsp3) is 0.231. The van der Waals surface area contributed by atoms with E-state index in [2.05, 4.69) is 11.9 Å². The Labute approximate surface area is 105 Å². The molecule has 1 aromatic rings. The maximum Gasteiger partial charge on any atom is 0.326 e. The number of hydrogen-bond acceptors (Lipinski definition) is 3. The summed E-state index contributed by atoms with van der Waals surface area (Å²) >= 11 is 0. The summed E-state index contributed by atoms with van der Waals surface area (Å²) in [6.45, 7) is 5.20. The number of phenolic OH excluding ortho intramolecular Hbond substituents is 1. The molecular formula is C13H15NO4. The monoisotopic (exact) mass is 249 g/mol. The number of carboxylic acids is 1. The first kappa shape index (κ1) is 13.8. The summed E-state index contributed by atoms with van der Waals surface area (Å²) in [5.74, 6) is -1.94. The average molecular weight is 249 g/mol. The van der Waals surface area contributed by atoms with E-state index < -0.39 is 17.9 Å². The Morgan fingerprint density at radius 1 is 1.50 bits per heavy atom. The topological polar surface area (TPSA) is 86.6 Å². The van der Waals surface area contributed by atoms with E-state index in [1.54, 1.807) is 13.0 Å². The molecule has 0 saturated heterocycles. The normalized spacial score (nSPS) is 11.6. The van der Waals surface area contributed by atoms with Crippen LogP contribution in [-0.4, -0.2) is 28.1 Å². The van der Waals surface area contributed by atoms with E-state index in [0.717, 1.165) is 5.56 Å². The molecule has 1 aromatic carbocycles. The minimum atomic E-state index is -1.14. The van der Waals surface area contributed by atoms with E-state index in [-0.39, 0.29) is 17.7 Å². The number of hydrogen-bond donors (Lipinski definition) is 3. The number of aryl methyl sites for hydroxylation is 1. The van der Waals surface area contributed by atoms with Gasteiger partial charge < -0.3 is 15.5 Å². The van der Waals surface area contributed by atoms with E-state index in [1.807, 2.05) is 0 Å². The molecule has 1 unspecified atom stereocenters. The van der Waals surface area contributed by atoms with Gasteiger partial charge in [-0.3, -0.25) is 4.79 Å². The first-order valence-electron chi connectivity index (χ1n) is 5.40. The minimum absolute atomic E-state index is 0.0605. The first-order valence-corrected chi connectivity index (χ1v) is 5.40. The van der Waals surface area contributed by atoms with Crippen LogP contribution in [0.3, 0.4) is 0 Å². The van der Waals surface area contributed by atoms with E-state index in [4.69, 9.17) is 5.11 Å². The second-order valence-corrected chi connectivity index (χ2v) is 3.91. The summed E-state index contributed by atoms with van der Waals surface area (Å²) in [5.41, 5.74) is 0.860. The second kappa shape index (κ2) is 5.86. The first-order chi connectivity index (χ1) is 8.45. The molecule has 0 aliphatic rings. The number of aliphatic carboxylic acids is 1. The van der Waals surface area contributed by atoms with Crippen molar-refractivity contribution in [2.45, 2.75) is 19.4 Å². The third kappa shape index (κ3) is 3.35. The second-order valence-electron chi connectivity index (χ2n) is 3.91. The van der Waals surface area contributed by atoms with Crippen molar-refractivity contribution in [3.63, 3.8) is 0 Å². The van der Waals surface area contributed by atoms with Gasteiger partial charge in [0.05, 0.1) is 5.56 Å². The number of carbonyl (C=O) groups is 2. The molecular weight excluding hydrogens is 234 g/mol. The fourth-order valence-electron chi connectivity index (χ4n) is 1.46. The lowest BCUT2D eigenvalue weighted by molar-refractivity contribution is -0.139. The number of carbonyl (C=O) groups excluding carboxylic acids is 1. The van der Waals surface area contributed by atoms with Gasteiger partial charge in [-0.2, -0.15) is 0 Å². The molecule has 1 rings (SSSR count). The van der Waals surface area contributed by atoms with E-state index >= 15 is 0 Å². The van der Waals surface area contributed by atoms with Gasteiger partial charge in [-0.1, -0.05) is 17.7 Å². The van der Waals surface area contributed by atoms with Crippen molar-refractivity contribution in [1.82, 2.24) is 5.32 Å². The summed E-state index contributed by atoms with van der Waals surface area (Å²) in [7, 11) is 0. The van der Waals surface area contributed by atoms with Crippen molar-refractivity contribution >= 4 is 11.9 Å². The average Bonchev–Trinajstić information content (AvgIpc) is 2.31. The summed E-state index contributed by atoms with van der Waals surface area (Å²) in [4.78, 5) is 22.7. The summed E-state index contributed by atoms with van der Waals surface area (Å²) in [6, 6.07) is 3.50. The molecule has 3 N–H and O–H groups in total. The van der Waals surface area contributed by atoms with Crippen LogP contribution in [0.4, 0.5) is 0 Å². The van der Waals surface area contributed by atoms with E-state index in [9.17, 15) is 14.7 Å². The van der Waals surface area contributed by atoms with Crippen LogP contribution in [0.2, 0.25) is 0 Å². The lowest BCUT2D eigenvalue weighted by Crippen LogP contribution is -2.40. The lowest BCUT2D eigenvalue weighted by atomic mass is 10.1. The molecule has 0 bridgehead atoms. The standard InChI is InChI=1S/C13H15NO4/c1-3-4-10(13(17)18)14-12(16)9-7-8(2)5-6-11(9)15/h3,5-7,10,15H,1,4H2,2H3,(H,14,16)(H,17,18). The minimum Gasteiger partial charge on any atom is -0.507 e. The molecule has 0 aromatic heterocycles. The zero-order valence-electron chi connectivity index (χ0n) is 10.0. The fourth-order valence-corrected chi connectivity index (χ4v) is 1.46. The smallest absolute Gasteiger partial charge is 0.326 e. The molecule has 0 aliphatic carbocycles. The van der Waals surface area contributed by atoms with Crippen molar-refractivity contribution in [2.24, 2.45) is 0 Å². The molecule has 0 saturated carbocycles. The van der Waals surface area contributed by atoms with Crippen LogP contribution in [-0.2, 0) is 4.79 Å². The molecule has 18 heavy (non-hydrogen) atoms. The highest BCUT2D eigenvalue weighted by Gasteiger charge is 2.20. The van der Waals surface area contributed by atoms with Crippen molar-refractivity contribution < 1.29 is 19.8 Å². The number of amides is 1. The highest BCUT2D eigenvalue weighted by molar-refractivity contribution is 5.99. The van der Waals surface area contributed by atoms with E-state index in [1.165, 1.54) is 18.2 Å². The predicted octanol–water partition coefficient (Wildman–Crippen LogP) is 1.46. The maximum atomic E-state index is 11.8. The van der Waals surface area contributed by atoms with Crippen molar-refractivity contribution in [3.8, 4) is 5.75 Å². The molecule has 5 nitrogen and oxygen atoms in total. The zero-order chi connectivity index (χ0) is 13.7. The number of carboxylic acid groups (broad SMARTS) is 1. The summed E-state index contributed by atoms with van der Waals surface area (Å²) < 4.78 is 0. The van der Waals surface area contributed by atoms with Crippen LogP contribution >= 0.6 is 0 Å². The molecule has 0 heterocycles. The van der Waals surface area contributed by atoms with Gasteiger partial charge in [0.1, 0.15) is 11.8 Å². The van der Waals surface area contributed by atoms with Crippen LogP contribution in [0.25, 0.3) is 0 Å². The van der Waals surface area contributed by atoms with Crippen LogP contribution in [0, 0.1) is 6.92 Å². The molecule has 0 spiro atoms. The molecule has 1 atom stereocenters. The largest absolute Gasteiger partial charge is 0.507 e. The van der Waals surface area contributed by atoms with Crippen molar-refractivity contribution in [3.05, 3.63) is 42.0 Å². The number of aromatic hydroxyl groups is 1. The Kier molecular flexibility index (Phi) is 4.48. The Balaban J connectivity index is 2.89. The maximum absolute atomic E-state index is 11.8. The zero-order valence-corrected chi connectivity index (χ0v) is 10.0. The third-order valence-corrected chi connectivity index (χ3v) is 2.40. The Hall–Kier alpha value is -2.30. The van der Waals surface area contributed by atoms with Crippen LogP contribution in [0.1, 0.15) is 22.3 Å². The molecule has 0 radical (unpaired) electrons. The molecule has 0 aliphatic heterocycles. The lowest BCUT2D eigenvalue weighted by Gasteiger charge is -2.13. The predicted molar refractivity (Wildman–Crippen MR) is 66.5 cm³/mol. The van der Waals surface area contributed by atoms with Gasteiger partial charge in [0.2, 0.25) is 0 Å². The number of phenols is 1. The Morgan fingerprint density at radius 2 is 2.17 bits per heavy atom. The van der Waals surface area contributed by atoms with Gasteiger partial charge in [-0.15, -0.1) is 6.58 Å². The summed E-state index contributed by atoms with van der Waals surface area (Å²) in [6.07, 6.45) is 1.53. The van der Waals surface area contributed by atoms with Gasteiger partial charge in [-0.25, -0.2) is 4.79 Å². The van der Waals surface area contributed by atoms with Gasteiger partial charge in [-0.05, 0) is 25.5 Å². The van der Waals surface area contributed by atoms with Gasteiger partial charge in [0, 0.05) is 0 Å². The Morgan fingerprint density at radius 3 is 2.72 bits per heavy atom. The Bertz CT molecular complexity index is 482. The van der Waals surface area contributed by atoms with Gasteiger partial charge >= 0.3 is 5.97 Å². The van der Waals surface area contributed by atoms with Gasteiger partial charge in [0.25, 0.3) is 5.91 Å². The van der Waals surface area contributed by atoms with Crippen molar-refractivity contribution in [2.75, 3.05) is 0 Å². The summed E-state index contributed by atoms with van der Waals surface area (Å²) in [5, 5.41) is 20.8. The number of rotatable bonds is 5. The molecule has 5 heteroatoms. The molecule has 1 amide bonds. The molecule has 0 fully saturated rings. The number of nitrogens with one attached hydrogen (secondary N) is 1. The highest BCUT2D eigenvalue weighted by atomic mass is 16.4. The van der Waals surface area contributed by atoms with Crippen LogP contribution < -0.4 is 5.32 Å². The molecule has 96 valence electrons. The van der Waals surface area contributed by atoms with E-state index in [0.29, 0.717) is 0 Å². The van der Waals surface area contributed by atoms with Crippen LogP contribution in [0.5, 0.6) is 5.75 Å². The van der Waals surface area contributed by atoms with Gasteiger partial charge in [0.15, 0.2) is 0 Å².